The zero-order valence-electron chi connectivity index (χ0n) is 14.7. The Bertz CT molecular complexity index is 832. The van der Waals surface area contributed by atoms with Crippen molar-refractivity contribution < 1.29 is 14.3 Å². The van der Waals surface area contributed by atoms with Crippen LogP contribution in [0, 0.1) is 0 Å². The first-order chi connectivity index (χ1) is 12.6. The summed E-state index contributed by atoms with van der Waals surface area (Å²) in [5, 5.41) is 7.15. The predicted octanol–water partition coefficient (Wildman–Crippen LogP) is 1.49. The van der Waals surface area contributed by atoms with Gasteiger partial charge in [-0.3, -0.25) is 14.3 Å². The smallest absolute Gasteiger partial charge is 0.254 e. The molecule has 4 rings (SSSR count). The summed E-state index contributed by atoms with van der Waals surface area (Å²) in [5.41, 5.74) is 1.67. The minimum atomic E-state index is -0.141. The fraction of sp³-hybridized carbons (Fsp3) is 0.421. The summed E-state index contributed by atoms with van der Waals surface area (Å²) in [6, 6.07) is 7.46. The molecule has 2 aliphatic rings. The van der Waals surface area contributed by atoms with E-state index in [2.05, 4.69) is 10.4 Å². The van der Waals surface area contributed by atoms with Crippen LogP contribution in [0.2, 0.25) is 0 Å². The molecule has 2 heterocycles. The molecule has 1 saturated carbocycles. The number of carbonyl (C=O) groups excluding carboxylic acids is 2. The van der Waals surface area contributed by atoms with Crippen molar-refractivity contribution in [1.82, 2.24) is 20.0 Å². The van der Waals surface area contributed by atoms with Gasteiger partial charge in [-0.2, -0.15) is 5.10 Å². The molecular weight excluding hydrogens is 332 g/mol. The van der Waals surface area contributed by atoms with Crippen LogP contribution in [0.15, 0.2) is 36.7 Å². The number of amides is 2. The first-order valence-corrected chi connectivity index (χ1v) is 8.92. The number of hydrogen-bond donors (Lipinski definition) is 1. The van der Waals surface area contributed by atoms with Crippen LogP contribution in [0.3, 0.4) is 0 Å². The lowest BCUT2D eigenvalue weighted by atomic mass is 10.1. The molecule has 0 bridgehead atoms. The molecule has 7 heteroatoms. The van der Waals surface area contributed by atoms with Crippen LogP contribution in [-0.2, 0) is 18.4 Å². The average molecular weight is 354 g/mol. The Morgan fingerprint density at radius 3 is 2.96 bits per heavy atom. The molecule has 7 nitrogen and oxygen atoms in total. The third-order valence-electron chi connectivity index (χ3n) is 5.00. The maximum atomic E-state index is 12.5. The summed E-state index contributed by atoms with van der Waals surface area (Å²) in [4.78, 5) is 26.5. The van der Waals surface area contributed by atoms with Gasteiger partial charge in [0.25, 0.3) is 5.91 Å². The summed E-state index contributed by atoms with van der Waals surface area (Å²) in [6.07, 6.45) is 6.21. The van der Waals surface area contributed by atoms with Crippen LogP contribution in [0.5, 0.6) is 5.75 Å². The van der Waals surface area contributed by atoms with Crippen molar-refractivity contribution in [2.75, 3.05) is 6.54 Å². The van der Waals surface area contributed by atoms with E-state index in [1.165, 1.54) is 0 Å². The molecule has 1 aliphatic heterocycles. The number of benzene rings is 1. The Balaban J connectivity index is 1.34. The van der Waals surface area contributed by atoms with Gasteiger partial charge in [-0.05, 0) is 30.9 Å². The third-order valence-corrected chi connectivity index (χ3v) is 5.00. The van der Waals surface area contributed by atoms with Gasteiger partial charge in [0.15, 0.2) is 5.75 Å². The summed E-state index contributed by atoms with van der Waals surface area (Å²) >= 11 is 0. The molecule has 1 aliphatic carbocycles. The highest BCUT2D eigenvalue weighted by molar-refractivity contribution is 6.00. The summed E-state index contributed by atoms with van der Waals surface area (Å²) < 4.78 is 7.66. The van der Waals surface area contributed by atoms with E-state index >= 15 is 0 Å². The van der Waals surface area contributed by atoms with E-state index in [1.807, 2.05) is 37.5 Å². The Kier molecular flexibility index (Phi) is 4.36. The van der Waals surface area contributed by atoms with Gasteiger partial charge >= 0.3 is 0 Å². The maximum Gasteiger partial charge on any atom is 0.254 e. The van der Waals surface area contributed by atoms with Crippen LogP contribution < -0.4 is 10.1 Å². The van der Waals surface area contributed by atoms with E-state index < -0.39 is 0 Å². The fourth-order valence-electron chi connectivity index (χ4n) is 3.73. The van der Waals surface area contributed by atoms with Gasteiger partial charge in [-0.25, -0.2) is 0 Å². The van der Waals surface area contributed by atoms with E-state index in [0.717, 1.165) is 24.8 Å². The van der Waals surface area contributed by atoms with Crippen LogP contribution >= 0.6 is 0 Å². The molecule has 0 spiro atoms. The molecule has 2 amide bonds. The Labute approximate surface area is 151 Å². The lowest BCUT2D eigenvalue weighted by Crippen LogP contribution is -2.46. The number of carbonyl (C=O) groups is 2. The van der Waals surface area contributed by atoms with Crippen molar-refractivity contribution >= 4 is 11.8 Å². The summed E-state index contributed by atoms with van der Waals surface area (Å²) in [7, 11) is 1.84. The van der Waals surface area contributed by atoms with Gasteiger partial charge in [0.05, 0.1) is 18.4 Å². The number of nitrogens with zero attached hydrogens (tertiary/aromatic N) is 3. The Hall–Kier alpha value is -2.83. The standard InChI is InChI=1S/C19H22N4O3/c1-22-11-14(9-20-22)26-17-8-4-7-16(17)21-18(24)12-23-10-13-5-2-3-6-15(13)19(23)25/h2-3,5-6,9,11,16-17H,4,7-8,10,12H2,1H3,(H,21,24)/t16-,17+/m0/s1. The van der Waals surface area contributed by atoms with Gasteiger partial charge < -0.3 is 15.0 Å². The van der Waals surface area contributed by atoms with Crippen molar-refractivity contribution in [1.29, 1.82) is 0 Å². The zero-order chi connectivity index (χ0) is 18.1. The van der Waals surface area contributed by atoms with E-state index in [0.29, 0.717) is 17.9 Å². The predicted molar refractivity (Wildman–Crippen MR) is 94.6 cm³/mol. The minimum absolute atomic E-state index is 0.0391. The number of aryl methyl sites for hydroxylation is 1. The van der Waals surface area contributed by atoms with Gasteiger partial charge in [-0.1, -0.05) is 18.2 Å². The quantitative estimate of drug-likeness (QED) is 0.883. The molecule has 26 heavy (non-hydrogen) atoms. The van der Waals surface area contributed by atoms with E-state index in [1.54, 1.807) is 15.8 Å². The number of aromatic nitrogens is 2. The molecule has 0 saturated heterocycles. The molecule has 0 unspecified atom stereocenters. The topological polar surface area (TPSA) is 76.5 Å². The van der Waals surface area contributed by atoms with Crippen molar-refractivity contribution in [2.45, 2.75) is 38.0 Å². The number of nitrogens with one attached hydrogen (secondary N) is 1. The molecule has 1 aromatic heterocycles. The van der Waals surface area contributed by atoms with Gasteiger partial charge in [0.2, 0.25) is 5.91 Å². The number of hydrogen-bond acceptors (Lipinski definition) is 4. The highest BCUT2D eigenvalue weighted by Crippen LogP contribution is 2.25. The highest BCUT2D eigenvalue weighted by Gasteiger charge is 2.33. The number of fused-ring (bicyclic) bond motifs is 1. The SMILES string of the molecule is Cn1cc(O[C@@H]2CCC[C@@H]2NC(=O)CN2Cc3ccccc3C2=O)cn1. The van der Waals surface area contributed by atoms with Crippen molar-refractivity contribution in [2.24, 2.45) is 7.05 Å². The van der Waals surface area contributed by atoms with Gasteiger partial charge in [0, 0.05) is 19.2 Å². The van der Waals surface area contributed by atoms with Gasteiger partial charge in [0.1, 0.15) is 12.6 Å². The molecule has 1 fully saturated rings. The fourth-order valence-corrected chi connectivity index (χ4v) is 3.73. The summed E-state index contributed by atoms with van der Waals surface area (Å²) in [5.74, 6) is 0.493. The van der Waals surface area contributed by atoms with Crippen LogP contribution in [-0.4, -0.2) is 45.2 Å². The van der Waals surface area contributed by atoms with Crippen molar-refractivity contribution in [3.8, 4) is 5.75 Å². The molecular formula is C19H22N4O3. The number of ether oxygens (including phenoxy) is 1. The Morgan fingerprint density at radius 1 is 1.35 bits per heavy atom. The lowest BCUT2D eigenvalue weighted by Gasteiger charge is -2.23. The molecule has 1 aromatic carbocycles. The van der Waals surface area contributed by atoms with E-state index in [4.69, 9.17) is 4.74 Å². The highest BCUT2D eigenvalue weighted by atomic mass is 16.5. The van der Waals surface area contributed by atoms with E-state index in [-0.39, 0.29) is 30.5 Å². The maximum absolute atomic E-state index is 12.5. The van der Waals surface area contributed by atoms with Crippen LogP contribution in [0.25, 0.3) is 0 Å². The normalized spacial score (nSPS) is 21.7. The zero-order valence-corrected chi connectivity index (χ0v) is 14.7. The largest absolute Gasteiger partial charge is 0.485 e. The van der Waals surface area contributed by atoms with E-state index in [9.17, 15) is 9.59 Å². The molecule has 1 N–H and O–H groups in total. The first-order valence-electron chi connectivity index (χ1n) is 8.92. The lowest BCUT2D eigenvalue weighted by molar-refractivity contribution is -0.123. The second kappa shape index (κ2) is 6.82. The third kappa shape index (κ3) is 3.29. The second-order valence-electron chi connectivity index (χ2n) is 6.93. The minimum Gasteiger partial charge on any atom is -0.485 e. The van der Waals surface area contributed by atoms with Crippen LogP contribution in [0.1, 0.15) is 35.2 Å². The van der Waals surface area contributed by atoms with Gasteiger partial charge in [-0.15, -0.1) is 0 Å². The van der Waals surface area contributed by atoms with Crippen molar-refractivity contribution in [3.63, 3.8) is 0 Å². The number of rotatable bonds is 5. The monoisotopic (exact) mass is 354 g/mol. The summed E-state index contributed by atoms with van der Waals surface area (Å²) in [6.45, 7) is 0.562. The molecule has 2 aromatic rings. The molecule has 136 valence electrons. The van der Waals surface area contributed by atoms with Crippen LogP contribution in [0.4, 0.5) is 0 Å². The first kappa shape index (κ1) is 16.6. The molecule has 2 atom stereocenters. The average Bonchev–Trinajstić information content (AvgIpc) is 3.30. The Morgan fingerprint density at radius 2 is 2.19 bits per heavy atom. The second-order valence-corrected chi connectivity index (χ2v) is 6.93. The van der Waals surface area contributed by atoms with Crippen molar-refractivity contribution in [3.05, 3.63) is 47.8 Å². The molecule has 0 radical (unpaired) electrons.